The van der Waals surface area contributed by atoms with Crippen molar-refractivity contribution in [3.05, 3.63) is 53.3 Å². The van der Waals surface area contributed by atoms with E-state index in [9.17, 15) is 18.0 Å². The summed E-state index contributed by atoms with van der Waals surface area (Å²) in [5.74, 6) is -1.17. The van der Waals surface area contributed by atoms with Crippen molar-refractivity contribution in [2.45, 2.75) is 26.6 Å². The van der Waals surface area contributed by atoms with Gasteiger partial charge in [0.15, 0.2) is 11.5 Å². The Morgan fingerprint density at radius 3 is 2.57 bits per heavy atom. The molecule has 9 heteroatoms. The van der Waals surface area contributed by atoms with E-state index in [1.165, 1.54) is 50.6 Å². The van der Waals surface area contributed by atoms with Gasteiger partial charge in [-0.25, -0.2) is 4.39 Å². The van der Waals surface area contributed by atoms with E-state index in [1.807, 2.05) is 0 Å². The van der Waals surface area contributed by atoms with Crippen LogP contribution >= 0.6 is 0 Å². The number of ether oxygens (including phenoxy) is 2. The number of anilines is 1. The second-order valence-electron chi connectivity index (χ2n) is 5.74. The normalized spacial score (nSPS) is 12.1. The molecule has 0 heterocycles. The minimum Gasteiger partial charge on any atom is -0.493 e. The lowest BCUT2D eigenvalue weighted by molar-refractivity contribution is -0.126. The topological polar surface area (TPSA) is 69.2 Å². The van der Waals surface area contributed by atoms with Gasteiger partial charge in [0, 0.05) is 5.56 Å². The van der Waals surface area contributed by atoms with Crippen LogP contribution in [0.15, 0.2) is 41.6 Å². The second-order valence-corrected chi connectivity index (χ2v) is 5.74. The van der Waals surface area contributed by atoms with Crippen molar-refractivity contribution in [2.75, 3.05) is 12.4 Å². The molecule has 1 atom stereocenters. The van der Waals surface area contributed by atoms with Gasteiger partial charge in [-0.15, -0.1) is 0 Å². The van der Waals surface area contributed by atoms with E-state index in [2.05, 4.69) is 15.2 Å². The molecule has 2 rings (SSSR count). The monoisotopic (exact) mass is 396 g/mol. The lowest BCUT2D eigenvalue weighted by atomic mass is 10.2. The summed E-state index contributed by atoms with van der Waals surface area (Å²) in [6.07, 6.45) is 0.269. The number of hydrogen-bond donors (Lipinski definition) is 1. The zero-order chi connectivity index (χ0) is 20.7. The molecule has 0 aliphatic heterocycles. The summed E-state index contributed by atoms with van der Waals surface area (Å²) in [6, 6.07) is 8.58. The summed E-state index contributed by atoms with van der Waals surface area (Å²) < 4.78 is 47.7. The summed E-state index contributed by atoms with van der Waals surface area (Å²) in [6.45, 7) is 0.198. The first-order valence-electron chi connectivity index (χ1n) is 8.19. The van der Waals surface area contributed by atoms with Gasteiger partial charge < -0.3 is 19.6 Å². The first-order chi connectivity index (χ1) is 13.3. The molecule has 0 aliphatic carbocycles. The summed E-state index contributed by atoms with van der Waals surface area (Å²) in [5.41, 5.74) is 1.23. The molecular weight excluding hydrogens is 377 g/mol. The minimum absolute atomic E-state index is 0.0365. The van der Waals surface area contributed by atoms with Gasteiger partial charge in [0.2, 0.25) is 6.10 Å². The lowest BCUT2D eigenvalue weighted by Gasteiger charge is -2.12. The predicted octanol–water partition coefficient (Wildman–Crippen LogP) is 4.12. The number of rotatable bonds is 8. The molecule has 150 valence electrons. The highest BCUT2D eigenvalue weighted by Gasteiger charge is 2.16. The average molecular weight is 396 g/mol. The van der Waals surface area contributed by atoms with Crippen LogP contribution in [0.2, 0.25) is 0 Å². The summed E-state index contributed by atoms with van der Waals surface area (Å²) in [5, 5.41) is 6.09. The third kappa shape index (κ3) is 5.90. The van der Waals surface area contributed by atoms with E-state index in [-0.39, 0.29) is 17.2 Å². The van der Waals surface area contributed by atoms with E-state index < -0.39 is 24.4 Å². The van der Waals surface area contributed by atoms with Crippen molar-refractivity contribution in [1.82, 2.24) is 0 Å². The Hall–Kier alpha value is -3.23. The molecule has 0 spiro atoms. The summed E-state index contributed by atoms with van der Waals surface area (Å²) in [4.78, 5) is 17.1. The Morgan fingerprint density at radius 2 is 1.93 bits per heavy atom. The van der Waals surface area contributed by atoms with Gasteiger partial charge in [-0.2, -0.15) is 8.78 Å². The van der Waals surface area contributed by atoms with E-state index in [0.717, 1.165) is 5.56 Å². The molecule has 1 N–H and O–H groups in total. The molecule has 1 unspecified atom stereocenters. The Kier molecular flexibility index (Phi) is 7.25. The van der Waals surface area contributed by atoms with Gasteiger partial charge in [-0.05, 0) is 49.7 Å². The number of nitrogens with zero attached hydrogens (tertiary/aromatic N) is 1. The van der Waals surface area contributed by atoms with Crippen LogP contribution < -0.4 is 14.8 Å². The number of hydrogen-bond acceptors (Lipinski definition) is 5. The maximum atomic E-state index is 13.8. The molecule has 6 nitrogen and oxygen atoms in total. The van der Waals surface area contributed by atoms with Gasteiger partial charge in [0.05, 0.1) is 19.0 Å². The second kappa shape index (κ2) is 9.63. The molecule has 0 saturated carbocycles. The molecule has 0 saturated heterocycles. The van der Waals surface area contributed by atoms with E-state index >= 15 is 0 Å². The number of methoxy groups -OCH3 is 1. The standard InChI is InChI=1S/C19H19F3N2O4/c1-11-4-6-15(14(20)8-11)24-18(25)12(2)28-23-10-13-5-7-16(27-19(21)22)17(9-13)26-3/h4-10,12,19H,1-3H3,(H,24,25)/b23-10+. The van der Waals surface area contributed by atoms with Crippen LogP contribution in [0.1, 0.15) is 18.1 Å². The third-order valence-electron chi connectivity index (χ3n) is 3.58. The average Bonchev–Trinajstić information content (AvgIpc) is 2.64. The fourth-order valence-corrected chi connectivity index (χ4v) is 2.14. The fraction of sp³-hybridized carbons (Fsp3) is 0.263. The SMILES string of the molecule is COc1cc(/C=N/OC(C)C(=O)Nc2ccc(C)cc2F)ccc1OC(F)F. The van der Waals surface area contributed by atoms with Gasteiger partial charge in [-0.3, -0.25) is 4.79 Å². The number of halogens is 3. The summed E-state index contributed by atoms with van der Waals surface area (Å²) in [7, 11) is 1.31. The van der Waals surface area contributed by atoms with Crippen LogP contribution in [-0.4, -0.2) is 31.9 Å². The number of oxime groups is 1. The Morgan fingerprint density at radius 1 is 1.18 bits per heavy atom. The van der Waals surface area contributed by atoms with E-state index in [4.69, 9.17) is 9.57 Å². The maximum absolute atomic E-state index is 13.8. The lowest BCUT2D eigenvalue weighted by Crippen LogP contribution is -2.26. The molecule has 0 aliphatic rings. The minimum atomic E-state index is -2.98. The summed E-state index contributed by atoms with van der Waals surface area (Å²) >= 11 is 0. The van der Waals surface area contributed by atoms with Crippen LogP contribution in [0, 0.1) is 12.7 Å². The van der Waals surface area contributed by atoms with Crippen molar-refractivity contribution in [3.8, 4) is 11.5 Å². The number of alkyl halides is 2. The van der Waals surface area contributed by atoms with Gasteiger partial charge >= 0.3 is 6.61 Å². The first-order valence-corrected chi connectivity index (χ1v) is 8.19. The Bertz CT molecular complexity index is 859. The van der Waals surface area contributed by atoms with E-state index in [1.54, 1.807) is 13.0 Å². The Labute approximate surface area is 159 Å². The van der Waals surface area contributed by atoms with Crippen LogP contribution in [0.3, 0.4) is 0 Å². The van der Waals surface area contributed by atoms with Crippen molar-refractivity contribution in [2.24, 2.45) is 5.16 Å². The van der Waals surface area contributed by atoms with Crippen molar-refractivity contribution < 1.29 is 32.3 Å². The number of amides is 1. The Balaban J connectivity index is 1.96. The largest absolute Gasteiger partial charge is 0.493 e. The van der Waals surface area contributed by atoms with Crippen LogP contribution in [0.4, 0.5) is 18.9 Å². The fourth-order valence-electron chi connectivity index (χ4n) is 2.14. The maximum Gasteiger partial charge on any atom is 0.387 e. The third-order valence-corrected chi connectivity index (χ3v) is 3.58. The van der Waals surface area contributed by atoms with Crippen LogP contribution in [0.5, 0.6) is 11.5 Å². The zero-order valence-electron chi connectivity index (χ0n) is 15.4. The van der Waals surface area contributed by atoms with Crippen molar-refractivity contribution in [1.29, 1.82) is 0 Å². The number of carbonyl (C=O) groups excluding carboxylic acids is 1. The van der Waals surface area contributed by atoms with Gasteiger partial charge in [-0.1, -0.05) is 11.2 Å². The van der Waals surface area contributed by atoms with Crippen molar-refractivity contribution >= 4 is 17.8 Å². The van der Waals surface area contributed by atoms with Crippen LogP contribution in [-0.2, 0) is 9.63 Å². The molecule has 2 aromatic carbocycles. The number of carbonyl (C=O) groups is 1. The highest BCUT2D eigenvalue weighted by atomic mass is 19.3. The molecule has 0 aromatic heterocycles. The molecule has 0 radical (unpaired) electrons. The molecular formula is C19H19F3N2O4. The first kappa shape index (κ1) is 21.1. The number of benzene rings is 2. The van der Waals surface area contributed by atoms with E-state index in [0.29, 0.717) is 5.56 Å². The molecule has 28 heavy (non-hydrogen) atoms. The highest BCUT2D eigenvalue weighted by Crippen LogP contribution is 2.29. The predicted molar refractivity (Wildman–Crippen MR) is 97.5 cm³/mol. The number of nitrogens with one attached hydrogen (secondary N) is 1. The van der Waals surface area contributed by atoms with Gasteiger partial charge in [0.1, 0.15) is 5.82 Å². The van der Waals surface area contributed by atoms with Crippen LogP contribution in [0.25, 0.3) is 0 Å². The molecule has 0 fully saturated rings. The smallest absolute Gasteiger partial charge is 0.387 e. The zero-order valence-corrected chi connectivity index (χ0v) is 15.4. The quantitative estimate of drug-likeness (QED) is 0.538. The number of aryl methyl sites for hydroxylation is 1. The molecule has 0 bridgehead atoms. The molecule has 1 amide bonds. The highest BCUT2D eigenvalue weighted by molar-refractivity contribution is 5.94. The van der Waals surface area contributed by atoms with Gasteiger partial charge in [0.25, 0.3) is 5.91 Å². The van der Waals surface area contributed by atoms with Crippen molar-refractivity contribution in [3.63, 3.8) is 0 Å². The molecule has 2 aromatic rings.